The molecule has 0 saturated heterocycles. The third kappa shape index (κ3) is 1.82. The smallest absolute Gasteiger partial charge is 0.195 e. The van der Waals surface area contributed by atoms with Gasteiger partial charge in [-0.2, -0.15) is 0 Å². The Morgan fingerprint density at radius 3 is 2.11 bits per heavy atom. The molecule has 0 aromatic heterocycles. The van der Waals surface area contributed by atoms with E-state index in [0.717, 1.165) is 3.57 Å². The zero-order chi connectivity index (χ0) is 13.7. The van der Waals surface area contributed by atoms with Crippen molar-refractivity contribution in [3.63, 3.8) is 0 Å². The van der Waals surface area contributed by atoms with Gasteiger partial charge >= 0.3 is 0 Å². The number of carbonyl (C=O) groups excluding carboxylic acids is 2. The molecular formula is C14H7I2NO2. The summed E-state index contributed by atoms with van der Waals surface area (Å²) in [4.78, 5) is 25.0. The molecule has 0 heterocycles. The van der Waals surface area contributed by atoms with Gasteiger partial charge in [0.05, 0.1) is 5.69 Å². The van der Waals surface area contributed by atoms with E-state index in [4.69, 9.17) is 5.73 Å². The minimum Gasteiger partial charge on any atom is -0.397 e. The van der Waals surface area contributed by atoms with Crippen LogP contribution in [0.1, 0.15) is 31.8 Å². The van der Waals surface area contributed by atoms with Crippen molar-refractivity contribution in [1.29, 1.82) is 0 Å². The number of nitrogens with two attached hydrogens (primary N) is 1. The zero-order valence-corrected chi connectivity index (χ0v) is 13.9. The molecule has 2 aromatic rings. The fraction of sp³-hybridized carbons (Fsp3) is 0. The van der Waals surface area contributed by atoms with Crippen LogP contribution in [0.5, 0.6) is 0 Å². The lowest BCUT2D eigenvalue weighted by Crippen LogP contribution is -2.23. The first kappa shape index (κ1) is 13.0. The van der Waals surface area contributed by atoms with E-state index >= 15 is 0 Å². The number of ketones is 2. The fourth-order valence-corrected chi connectivity index (χ4v) is 4.12. The van der Waals surface area contributed by atoms with Gasteiger partial charge in [0.2, 0.25) is 0 Å². The highest BCUT2D eigenvalue weighted by atomic mass is 127. The second-order valence-corrected chi connectivity index (χ2v) is 6.45. The third-order valence-electron chi connectivity index (χ3n) is 3.14. The molecule has 2 aromatic carbocycles. The van der Waals surface area contributed by atoms with Gasteiger partial charge in [0.25, 0.3) is 0 Å². The zero-order valence-electron chi connectivity index (χ0n) is 9.54. The maximum Gasteiger partial charge on any atom is 0.195 e. The van der Waals surface area contributed by atoms with Gasteiger partial charge < -0.3 is 5.73 Å². The summed E-state index contributed by atoms with van der Waals surface area (Å²) in [6, 6.07) is 8.60. The first-order chi connectivity index (χ1) is 9.02. The lowest BCUT2D eigenvalue weighted by atomic mass is 9.84. The number of anilines is 1. The van der Waals surface area contributed by atoms with Crippen LogP contribution in [0, 0.1) is 7.14 Å². The van der Waals surface area contributed by atoms with E-state index in [1.807, 2.05) is 22.6 Å². The molecule has 0 saturated carbocycles. The van der Waals surface area contributed by atoms with Gasteiger partial charge in [-0.05, 0) is 51.2 Å². The second kappa shape index (κ2) is 4.55. The molecule has 0 bridgehead atoms. The Morgan fingerprint density at radius 2 is 1.47 bits per heavy atom. The van der Waals surface area contributed by atoms with Crippen LogP contribution in [0.2, 0.25) is 0 Å². The summed E-state index contributed by atoms with van der Waals surface area (Å²) < 4.78 is 1.45. The van der Waals surface area contributed by atoms with Crippen LogP contribution in [-0.4, -0.2) is 11.6 Å². The molecule has 3 rings (SSSR count). The first-order valence-electron chi connectivity index (χ1n) is 5.48. The molecule has 0 aliphatic heterocycles. The van der Waals surface area contributed by atoms with Crippen molar-refractivity contribution in [2.75, 3.05) is 5.73 Å². The summed E-state index contributed by atoms with van der Waals surface area (Å²) in [7, 11) is 0. The fourth-order valence-electron chi connectivity index (χ4n) is 2.19. The highest BCUT2D eigenvalue weighted by Crippen LogP contribution is 2.35. The average molecular weight is 475 g/mol. The Kier molecular flexibility index (Phi) is 3.12. The average Bonchev–Trinajstić information content (AvgIpc) is 2.42. The minimum absolute atomic E-state index is 0.110. The predicted octanol–water partition coefficient (Wildman–Crippen LogP) is 3.25. The molecule has 2 N–H and O–H groups in total. The number of nitrogen functional groups attached to an aromatic ring is 1. The summed E-state index contributed by atoms with van der Waals surface area (Å²) >= 11 is 4.11. The van der Waals surface area contributed by atoms with Gasteiger partial charge in [0, 0.05) is 29.4 Å². The van der Waals surface area contributed by atoms with E-state index < -0.39 is 0 Å². The van der Waals surface area contributed by atoms with Crippen molar-refractivity contribution in [3.05, 3.63) is 59.7 Å². The summed E-state index contributed by atoms with van der Waals surface area (Å²) in [5.41, 5.74) is 8.32. The van der Waals surface area contributed by atoms with Crippen LogP contribution in [0.15, 0.2) is 30.3 Å². The molecule has 94 valence electrons. The van der Waals surface area contributed by atoms with Crippen LogP contribution >= 0.6 is 45.2 Å². The van der Waals surface area contributed by atoms with Gasteiger partial charge in [0.15, 0.2) is 11.6 Å². The minimum atomic E-state index is -0.127. The van der Waals surface area contributed by atoms with Gasteiger partial charge in [-0.15, -0.1) is 0 Å². The molecule has 0 fully saturated rings. The van der Waals surface area contributed by atoms with Crippen molar-refractivity contribution >= 4 is 62.4 Å². The number of halogens is 2. The van der Waals surface area contributed by atoms with E-state index in [1.165, 1.54) is 0 Å². The summed E-state index contributed by atoms with van der Waals surface area (Å²) in [6.07, 6.45) is 0. The van der Waals surface area contributed by atoms with E-state index in [0.29, 0.717) is 31.5 Å². The number of hydrogen-bond acceptors (Lipinski definition) is 3. The lowest BCUT2D eigenvalue weighted by Gasteiger charge is -2.20. The molecule has 0 amide bonds. The van der Waals surface area contributed by atoms with Gasteiger partial charge in [-0.1, -0.05) is 24.3 Å². The Bertz CT molecular complexity index is 753. The van der Waals surface area contributed by atoms with E-state index in [2.05, 4.69) is 22.6 Å². The quantitative estimate of drug-likeness (QED) is 0.402. The molecular weight excluding hydrogens is 468 g/mol. The molecule has 0 atom stereocenters. The van der Waals surface area contributed by atoms with E-state index in [1.54, 1.807) is 30.3 Å². The SMILES string of the molecule is Nc1c(I)cc2c(c1I)C(=O)c1ccccc1C2=O. The van der Waals surface area contributed by atoms with Crippen LogP contribution in [0.4, 0.5) is 5.69 Å². The van der Waals surface area contributed by atoms with Crippen LogP contribution < -0.4 is 5.73 Å². The van der Waals surface area contributed by atoms with Crippen molar-refractivity contribution in [1.82, 2.24) is 0 Å². The van der Waals surface area contributed by atoms with Crippen LogP contribution in [0.3, 0.4) is 0 Å². The van der Waals surface area contributed by atoms with E-state index in [9.17, 15) is 9.59 Å². The molecule has 1 aliphatic carbocycles. The van der Waals surface area contributed by atoms with Crippen molar-refractivity contribution in [3.8, 4) is 0 Å². The number of carbonyl (C=O) groups is 2. The number of fused-ring (bicyclic) bond motifs is 2. The number of rotatable bonds is 0. The molecule has 5 heteroatoms. The Hall–Kier alpha value is -0.960. The Balaban J connectivity index is 2.40. The van der Waals surface area contributed by atoms with Crippen LogP contribution in [-0.2, 0) is 0 Å². The van der Waals surface area contributed by atoms with E-state index in [-0.39, 0.29) is 11.6 Å². The Labute approximate surface area is 136 Å². The molecule has 0 radical (unpaired) electrons. The number of benzene rings is 2. The van der Waals surface area contributed by atoms with Gasteiger partial charge in [0.1, 0.15) is 0 Å². The second-order valence-electron chi connectivity index (χ2n) is 4.21. The molecule has 1 aliphatic rings. The van der Waals surface area contributed by atoms with Crippen molar-refractivity contribution < 1.29 is 9.59 Å². The third-order valence-corrected chi connectivity index (χ3v) is 5.15. The van der Waals surface area contributed by atoms with Crippen molar-refractivity contribution in [2.24, 2.45) is 0 Å². The summed E-state index contributed by atoms with van der Waals surface area (Å²) in [6.45, 7) is 0. The summed E-state index contributed by atoms with van der Waals surface area (Å²) in [5, 5.41) is 0. The highest BCUT2D eigenvalue weighted by molar-refractivity contribution is 14.1. The van der Waals surface area contributed by atoms with Gasteiger partial charge in [-0.3, -0.25) is 9.59 Å². The lowest BCUT2D eigenvalue weighted by molar-refractivity contribution is 0.0978. The first-order valence-corrected chi connectivity index (χ1v) is 7.64. The number of hydrogen-bond donors (Lipinski definition) is 1. The standard InChI is InChI=1S/C14H7I2NO2/c15-9-5-8-10(11(16)12(9)17)14(19)7-4-2-1-3-6(7)13(8)18/h1-5H,17H2. The summed E-state index contributed by atoms with van der Waals surface area (Å²) in [5.74, 6) is -0.237. The molecule has 19 heavy (non-hydrogen) atoms. The van der Waals surface area contributed by atoms with Crippen LogP contribution in [0.25, 0.3) is 0 Å². The maximum atomic E-state index is 12.5. The van der Waals surface area contributed by atoms with Crippen molar-refractivity contribution in [2.45, 2.75) is 0 Å². The maximum absolute atomic E-state index is 12.5. The largest absolute Gasteiger partial charge is 0.397 e. The highest BCUT2D eigenvalue weighted by Gasteiger charge is 2.32. The van der Waals surface area contributed by atoms with Gasteiger partial charge in [-0.25, -0.2) is 0 Å². The molecule has 0 unspecified atom stereocenters. The topological polar surface area (TPSA) is 60.2 Å². The normalized spacial score (nSPS) is 13.2. The molecule has 3 nitrogen and oxygen atoms in total. The predicted molar refractivity (Wildman–Crippen MR) is 89.6 cm³/mol. The Morgan fingerprint density at radius 1 is 0.895 bits per heavy atom. The monoisotopic (exact) mass is 475 g/mol. The molecule has 0 spiro atoms.